The van der Waals surface area contributed by atoms with Crippen LogP contribution in [0.15, 0.2) is 0 Å². The number of fused-ring (bicyclic) bond motifs is 1. The Morgan fingerprint density at radius 1 is 1.48 bits per heavy atom. The van der Waals surface area contributed by atoms with Crippen LogP contribution >= 0.6 is 0 Å². The number of nitriles is 1. The second-order valence-electron chi connectivity index (χ2n) is 9.08. The van der Waals surface area contributed by atoms with Gasteiger partial charge in [-0.25, -0.2) is 9.18 Å². The molecule has 3 rings (SSSR count). The maximum Gasteiger partial charge on any atom is 0.344 e. The van der Waals surface area contributed by atoms with Crippen molar-refractivity contribution in [1.82, 2.24) is 0 Å². The van der Waals surface area contributed by atoms with Crippen LogP contribution in [0.1, 0.15) is 59.8 Å². The molecule has 6 heteroatoms. The number of hydrogen-bond acceptors (Lipinski definition) is 5. The molecule has 0 aromatic carbocycles. The highest BCUT2D eigenvalue weighted by molar-refractivity contribution is 5.85. The maximum atomic E-state index is 15.4. The molecule has 1 heterocycles. The number of ether oxygens (including phenoxy) is 2. The molecule has 0 aromatic heterocycles. The van der Waals surface area contributed by atoms with Crippen molar-refractivity contribution >= 4 is 11.9 Å². The summed E-state index contributed by atoms with van der Waals surface area (Å²) < 4.78 is 26.3. The van der Waals surface area contributed by atoms with Gasteiger partial charge in [-0.1, -0.05) is 34.1 Å². The minimum atomic E-state index is -2.04. The number of alkyl halides is 1. The zero-order valence-electron chi connectivity index (χ0n) is 15.3. The van der Waals surface area contributed by atoms with Gasteiger partial charge in [0, 0.05) is 11.8 Å². The van der Waals surface area contributed by atoms with E-state index in [9.17, 15) is 14.9 Å². The smallest absolute Gasteiger partial charge is 0.344 e. The Bertz CT molecular complexity index is 636. The molecule has 2 bridgehead atoms. The van der Waals surface area contributed by atoms with Gasteiger partial charge in [-0.05, 0) is 31.1 Å². The molecule has 0 aromatic rings. The third-order valence-corrected chi connectivity index (χ3v) is 5.83. The second-order valence-corrected chi connectivity index (χ2v) is 9.08. The fraction of sp³-hybridized carbons (Fsp3) is 0.842. The van der Waals surface area contributed by atoms with Crippen LogP contribution in [-0.4, -0.2) is 29.8 Å². The summed E-state index contributed by atoms with van der Waals surface area (Å²) in [5.74, 6) is -1.71. The highest BCUT2D eigenvalue weighted by atomic mass is 19.1. The second kappa shape index (κ2) is 5.69. The normalized spacial score (nSPS) is 38.2. The van der Waals surface area contributed by atoms with Gasteiger partial charge in [0.2, 0.25) is 5.67 Å². The van der Waals surface area contributed by atoms with Crippen molar-refractivity contribution in [2.75, 3.05) is 0 Å². The first kappa shape index (κ1) is 18.2. The SMILES string of the molecule is CCCC(F)(CC(C)(C)C)C(=O)OC1C2CC3C1OC(=O)C3(C#N)C2. The van der Waals surface area contributed by atoms with E-state index in [1.165, 1.54) is 0 Å². The predicted molar refractivity (Wildman–Crippen MR) is 86.8 cm³/mol. The van der Waals surface area contributed by atoms with Crippen LogP contribution in [0, 0.1) is 34.0 Å². The molecule has 2 saturated carbocycles. The van der Waals surface area contributed by atoms with Crippen LogP contribution in [0.3, 0.4) is 0 Å². The number of nitrogens with zero attached hydrogens (tertiary/aromatic N) is 1. The molecule has 138 valence electrons. The molecule has 1 aliphatic heterocycles. The van der Waals surface area contributed by atoms with E-state index in [0.717, 1.165) is 0 Å². The van der Waals surface area contributed by atoms with Crippen molar-refractivity contribution in [1.29, 1.82) is 5.26 Å². The summed E-state index contributed by atoms with van der Waals surface area (Å²) in [5, 5.41) is 9.41. The number of carbonyl (C=O) groups is 2. The first-order valence-corrected chi connectivity index (χ1v) is 9.09. The van der Waals surface area contributed by atoms with E-state index in [1.54, 1.807) is 0 Å². The van der Waals surface area contributed by atoms with Crippen LogP contribution < -0.4 is 0 Å². The summed E-state index contributed by atoms with van der Waals surface area (Å²) in [6, 6.07) is 2.12. The van der Waals surface area contributed by atoms with Gasteiger partial charge in [-0.3, -0.25) is 4.79 Å². The number of rotatable bonds is 5. The molecular formula is C19H26FNO4. The van der Waals surface area contributed by atoms with E-state index in [4.69, 9.17) is 9.47 Å². The lowest BCUT2D eigenvalue weighted by Crippen LogP contribution is -2.45. The lowest BCUT2D eigenvalue weighted by atomic mass is 9.74. The summed E-state index contributed by atoms with van der Waals surface area (Å²) >= 11 is 0. The van der Waals surface area contributed by atoms with E-state index in [0.29, 0.717) is 19.3 Å². The molecule has 1 saturated heterocycles. The Hall–Kier alpha value is -1.64. The highest BCUT2D eigenvalue weighted by Crippen LogP contribution is 2.62. The zero-order valence-corrected chi connectivity index (χ0v) is 15.3. The van der Waals surface area contributed by atoms with E-state index in [2.05, 4.69) is 6.07 Å². The van der Waals surface area contributed by atoms with Crippen LogP contribution in [0.2, 0.25) is 0 Å². The zero-order chi connectivity index (χ0) is 18.6. The molecule has 2 aliphatic carbocycles. The van der Waals surface area contributed by atoms with Gasteiger partial charge < -0.3 is 9.47 Å². The van der Waals surface area contributed by atoms with Crippen molar-refractivity contribution in [3.05, 3.63) is 0 Å². The third-order valence-electron chi connectivity index (χ3n) is 5.83. The fourth-order valence-electron chi connectivity index (χ4n) is 5.02. The molecule has 0 amide bonds. The number of hydrogen-bond donors (Lipinski definition) is 0. The van der Waals surface area contributed by atoms with E-state index >= 15 is 4.39 Å². The molecule has 6 atom stereocenters. The van der Waals surface area contributed by atoms with Crippen LogP contribution in [0.25, 0.3) is 0 Å². The number of esters is 2. The van der Waals surface area contributed by atoms with Crippen LogP contribution in [-0.2, 0) is 19.1 Å². The van der Waals surface area contributed by atoms with Gasteiger partial charge in [0.05, 0.1) is 6.07 Å². The number of carbonyl (C=O) groups excluding carboxylic acids is 2. The van der Waals surface area contributed by atoms with Gasteiger partial charge in [0.15, 0.2) is 5.41 Å². The Labute approximate surface area is 147 Å². The topological polar surface area (TPSA) is 76.4 Å². The third kappa shape index (κ3) is 2.72. The van der Waals surface area contributed by atoms with Gasteiger partial charge >= 0.3 is 11.9 Å². The minimum absolute atomic E-state index is 0.0834. The van der Waals surface area contributed by atoms with Crippen LogP contribution in [0.4, 0.5) is 4.39 Å². The molecular weight excluding hydrogens is 325 g/mol. The van der Waals surface area contributed by atoms with Crippen molar-refractivity contribution in [3.63, 3.8) is 0 Å². The first-order valence-electron chi connectivity index (χ1n) is 9.09. The Kier molecular flexibility index (Phi) is 4.13. The first-order chi connectivity index (χ1) is 11.6. The lowest BCUT2D eigenvalue weighted by molar-refractivity contribution is -0.176. The maximum absolute atomic E-state index is 15.4. The van der Waals surface area contributed by atoms with Gasteiger partial charge in [-0.2, -0.15) is 5.26 Å². The van der Waals surface area contributed by atoms with Crippen molar-refractivity contribution in [2.45, 2.75) is 77.7 Å². The summed E-state index contributed by atoms with van der Waals surface area (Å²) in [4.78, 5) is 24.8. The largest absolute Gasteiger partial charge is 0.457 e. The van der Waals surface area contributed by atoms with Crippen LogP contribution in [0.5, 0.6) is 0 Å². The van der Waals surface area contributed by atoms with Gasteiger partial charge in [0.25, 0.3) is 0 Å². The summed E-state index contributed by atoms with van der Waals surface area (Å²) in [6.07, 6.45) is 0.459. The lowest BCUT2D eigenvalue weighted by Gasteiger charge is -2.33. The molecule has 3 aliphatic rings. The van der Waals surface area contributed by atoms with Crippen molar-refractivity contribution < 1.29 is 23.5 Å². The molecule has 0 N–H and O–H groups in total. The summed E-state index contributed by atoms with van der Waals surface area (Å²) in [7, 11) is 0. The monoisotopic (exact) mass is 351 g/mol. The Morgan fingerprint density at radius 3 is 2.72 bits per heavy atom. The molecule has 0 radical (unpaired) electrons. The van der Waals surface area contributed by atoms with Gasteiger partial charge in [0.1, 0.15) is 12.2 Å². The van der Waals surface area contributed by atoms with E-state index in [1.807, 2.05) is 27.7 Å². The van der Waals surface area contributed by atoms with Crippen molar-refractivity contribution in [3.8, 4) is 6.07 Å². The average Bonchev–Trinajstić information content (AvgIpc) is 3.07. The molecule has 5 nitrogen and oxygen atoms in total. The standard InChI is InChI=1S/C19H26FNO4/c1-5-6-19(20,9-17(2,3)4)16(23)24-13-11-7-12-14(13)25-15(22)18(12,8-11)10-21/h11-14H,5-9H2,1-4H3. The van der Waals surface area contributed by atoms with E-state index < -0.39 is 35.2 Å². The average molecular weight is 351 g/mol. The van der Waals surface area contributed by atoms with Gasteiger partial charge in [-0.15, -0.1) is 0 Å². The predicted octanol–water partition coefficient (Wildman–Crippen LogP) is 3.32. The molecule has 6 unspecified atom stereocenters. The summed E-state index contributed by atoms with van der Waals surface area (Å²) in [5.41, 5.74) is -3.48. The molecule has 3 fully saturated rings. The minimum Gasteiger partial charge on any atom is -0.457 e. The quantitative estimate of drug-likeness (QED) is 0.710. The Balaban J connectivity index is 1.76. The summed E-state index contributed by atoms with van der Waals surface area (Å²) in [6.45, 7) is 7.51. The number of halogens is 1. The molecule has 25 heavy (non-hydrogen) atoms. The molecule has 0 spiro atoms. The van der Waals surface area contributed by atoms with E-state index in [-0.39, 0.29) is 30.1 Å². The fourth-order valence-corrected chi connectivity index (χ4v) is 5.02. The Morgan fingerprint density at radius 2 is 2.16 bits per heavy atom. The van der Waals surface area contributed by atoms with Crippen molar-refractivity contribution in [2.24, 2.45) is 22.7 Å². The highest BCUT2D eigenvalue weighted by Gasteiger charge is 2.72.